The Morgan fingerprint density at radius 1 is 1.13 bits per heavy atom. The molecule has 31 heavy (non-hydrogen) atoms. The highest BCUT2D eigenvalue weighted by Crippen LogP contribution is 2.40. The number of piperidine rings is 1. The second-order valence-corrected chi connectivity index (χ2v) is 9.99. The van der Waals surface area contributed by atoms with E-state index < -0.39 is 0 Å². The fraction of sp³-hybridized carbons (Fsp3) is 0.565. The van der Waals surface area contributed by atoms with Crippen molar-refractivity contribution in [3.63, 3.8) is 0 Å². The van der Waals surface area contributed by atoms with Gasteiger partial charge in [0.25, 0.3) is 0 Å². The minimum Gasteiger partial charge on any atom is -0.370 e. The van der Waals surface area contributed by atoms with Gasteiger partial charge in [-0.05, 0) is 50.5 Å². The molecule has 1 saturated heterocycles. The van der Waals surface area contributed by atoms with Crippen molar-refractivity contribution in [2.45, 2.75) is 68.3 Å². The molecule has 2 heterocycles. The van der Waals surface area contributed by atoms with Crippen LogP contribution in [-0.2, 0) is 22.4 Å². The maximum atomic E-state index is 13.1. The molecule has 166 valence electrons. The van der Waals surface area contributed by atoms with Gasteiger partial charge in [-0.2, -0.15) is 0 Å². The molecule has 0 unspecified atom stereocenters. The lowest BCUT2D eigenvalue weighted by molar-refractivity contribution is -0.131. The molecule has 0 radical (unpaired) electrons. The summed E-state index contributed by atoms with van der Waals surface area (Å²) in [6.07, 6.45) is 6.13. The number of amides is 2. The van der Waals surface area contributed by atoms with Gasteiger partial charge < -0.3 is 15.2 Å². The number of carbonyl (C=O) groups is 2. The molecule has 1 aliphatic heterocycles. The smallest absolute Gasteiger partial charge is 0.235 e. The highest BCUT2D eigenvalue weighted by molar-refractivity contribution is 8.00. The first kappa shape index (κ1) is 21.9. The van der Waals surface area contributed by atoms with Crippen LogP contribution < -0.4 is 5.73 Å². The normalized spacial score (nSPS) is 18.2. The molecule has 0 spiro atoms. The van der Waals surface area contributed by atoms with E-state index in [1.807, 2.05) is 11.8 Å². The summed E-state index contributed by atoms with van der Waals surface area (Å²) in [6, 6.07) is 11.0. The Kier molecular flexibility index (Phi) is 6.95. The highest BCUT2D eigenvalue weighted by Gasteiger charge is 2.32. The Morgan fingerprint density at radius 2 is 1.84 bits per heavy atom. The molecule has 0 bridgehead atoms. The quantitative estimate of drug-likeness (QED) is 0.604. The molecule has 4 rings (SSSR count). The van der Waals surface area contributed by atoms with E-state index in [0.29, 0.717) is 18.4 Å². The average Bonchev–Trinajstić information content (AvgIpc) is 3.53. The van der Waals surface area contributed by atoms with Crippen molar-refractivity contribution in [1.82, 2.24) is 19.7 Å². The Hall–Kier alpha value is -2.35. The molecule has 2 amide bonds. The summed E-state index contributed by atoms with van der Waals surface area (Å²) in [4.78, 5) is 26.2. The first-order valence-electron chi connectivity index (χ1n) is 11.2. The van der Waals surface area contributed by atoms with Gasteiger partial charge in [0.1, 0.15) is 5.82 Å². The van der Waals surface area contributed by atoms with E-state index in [1.54, 1.807) is 0 Å². The number of nitrogens with two attached hydrogens (primary N) is 1. The van der Waals surface area contributed by atoms with E-state index in [9.17, 15) is 9.59 Å². The van der Waals surface area contributed by atoms with Crippen LogP contribution >= 0.6 is 11.8 Å². The van der Waals surface area contributed by atoms with Gasteiger partial charge in [-0.1, -0.05) is 42.1 Å². The number of rotatable bonds is 9. The second kappa shape index (κ2) is 9.85. The van der Waals surface area contributed by atoms with Crippen LogP contribution in [0.5, 0.6) is 0 Å². The summed E-state index contributed by atoms with van der Waals surface area (Å²) in [5, 5.41) is 9.19. The fourth-order valence-corrected chi connectivity index (χ4v) is 5.29. The van der Waals surface area contributed by atoms with Gasteiger partial charge in [0, 0.05) is 32.0 Å². The molecule has 1 aliphatic carbocycles. The van der Waals surface area contributed by atoms with Gasteiger partial charge in [-0.15, -0.1) is 10.2 Å². The molecule has 1 aromatic carbocycles. The monoisotopic (exact) mass is 441 g/mol. The number of hydrogen-bond acceptors (Lipinski definition) is 5. The Morgan fingerprint density at radius 3 is 2.48 bits per heavy atom. The summed E-state index contributed by atoms with van der Waals surface area (Å²) < 4.78 is 2.11. The molecule has 2 aliphatic rings. The van der Waals surface area contributed by atoms with Crippen molar-refractivity contribution >= 4 is 23.6 Å². The number of thioether (sulfide) groups is 1. The lowest BCUT2D eigenvalue weighted by Gasteiger charge is -2.33. The minimum atomic E-state index is -0.334. The zero-order chi connectivity index (χ0) is 21.8. The van der Waals surface area contributed by atoms with Gasteiger partial charge in [0.05, 0.1) is 5.25 Å². The minimum absolute atomic E-state index is 0.173. The third kappa shape index (κ3) is 5.67. The van der Waals surface area contributed by atoms with Crippen LogP contribution in [0.15, 0.2) is 35.5 Å². The van der Waals surface area contributed by atoms with E-state index in [-0.39, 0.29) is 23.5 Å². The van der Waals surface area contributed by atoms with Crippen molar-refractivity contribution < 1.29 is 9.59 Å². The second-order valence-electron chi connectivity index (χ2n) is 8.68. The number of aromatic nitrogens is 3. The number of benzene rings is 1. The molecular formula is C23H31N5O2S. The van der Waals surface area contributed by atoms with Gasteiger partial charge in [0.15, 0.2) is 5.16 Å². The van der Waals surface area contributed by atoms with E-state index in [4.69, 9.17) is 5.73 Å². The lowest BCUT2D eigenvalue weighted by Crippen LogP contribution is -2.42. The van der Waals surface area contributed by atoms with Crippen LogP contribution in [-0.4, -0.2) is 49.8 Å². The van der Waals surface area contributed by atoms with Crippen LogP contribution in [0, 0.1) is 5.92 Å². The molecule has 2 aromatic rings. The molecular weight excluding hydrogens is 410 g/mol. The van der Waals surface area contributed by atoms with Crippen LogP contribution in [0.2, 0.25) is 0 Å². The van der Waals surface area contributed by atoms with E-state index >= 15 is 0 Å². The van der Waals surface area contributed by atoms with E-state index in [1.165, 1.54) is 17.3 Å². The van der Waals surface area contributed by atoms with Crippen molar-refractivity contribution in [3.05, 3.63) is 41.7 Å². The summed E-state index contributed by atoms with van der Waals surface area (Å²) in [7, 11) is 0. The van der Waals surface area contributed by atoms with Crippen LogP contribution in [0.1, 0.15) is 56.5 Å². The van der Waals surface area contributed by atoms with Crippen LogP contribution in [0.3, 0.4) is 0 Å². The predicted octanol–water partition coefficient (Wildman–Crippen LogP) is 2.99. The van der Waals surface area contributed by atoms with Gasteiger partial charge in [-0.3, -0.25) is 9.59 Å². The first-order chi connectivity index (χ1) is 15.0. The lowest BCUT2D eigenvalue weighted by atomic mass is 9.90. The van der Waals surface area contributed by atoms with Crippen LogP contribution in [0.4, 0.5) is 0 Å². The van der Waals surface area contributed by atoms with Gasteiger partial charge in [0.2, 0.25) is 11.8 Å². The standard InChI is InChI=1S/C23H31N5O2S/c1-16(31-23-26-25-21(10-9-20(24)29)28(23)19-7-8-19)22(30)27-13-11-18(12-14-27)15-17-5-3-2-4-6-17/h2-6,16,18-19H,7-15H2,1H3,(H2,24,29)/t16-/m1/s1. The van der Waals surface area contributed by atoms with Crippen molar-refractivity contribution in [1.29, 1.82) is 0 Å². The Labute approximate surface area is 187 Å². The van der Waals surface area contributed by atoms with E-state index in [0.717, 1.165) is 56.2 Å². The molecule has 2 N–H and O–H groups in total. The third-order valence-corrected chi connectivity index (χ3v) is 7.21. The number of primary amides is 1. The van der Waals surface area contributed by atoms with Gasteiger partial charge >= 0.3 is 0 Å². The summed E-state index contributed by atoms with van der Waals surface area (Å²) in [5.41, 5.74) is 6.67. The Bertz CT molecular complexity index is 904. The maximum Gasteiger partial charge on any atom is 0.235 e. The SMILES string of the molecule is C[C@@H](Sc1nnc(CCC(N)=O)n1C1CC1)C(=O)N1CCC(Cc2ccccc2)CC1. The molecule has 1 aromatic heterocycles. The Balaban J connectivity index is 1.31. The van der Waals surface area contributed by atoms with Crippen molar-refractivity contribution in [2.24, 2.45) is 11.7 Å². The number of likely N-dealkylation sites (tertiary alicyclic amines) is 1. The molecule has 7 nitrogen and oxygen atoms in total. The predicted molar refractivity (Wildman–Crippen MR) is 121 cm³/mol. The molecule has 1 atom stereocenters. The van der Waals surface area contributed by atoms with Crippen molar-refractivity contribution in [3.8, 4) is 0 Å². The number of aryl methyl sites for hydroxylation is 1. The van der Waals surface area contributed by atoms with Crippen molar-refractivity contribution in [2.75, 3.05) is 13.1 Å². The topological polar surface area (TPSA) is 94.1 Å². The highest BCUT2D eigenvalue weighted by atomic mass is 32.2. The molecule has 1 saturated carbocycles. The summed E-state index contributed by atoms with van der Waals surface area (Å²) >= 11 is 1.48. The number of carbonyl (C=O) groups excluding carboxylic acids is 2. The molecule has 2 fully saturated rings. The molecule has 8 heteroatoms. The number of hydrogen-bond donors (Lipinski definition) is 1. The fourth-order valence-electron chi connectivity index (χ4n) is 4.26. The average molecular weight is 442 g/mol. The van der Waals surface area contributed by atoms with Gasteiger partial charge in [-0.25, -0.2) is 0 Å². The summed E-state index contributed by atoms with van der Waals surface area (Å²) in [5.74, 6) is 1.27. The zero-order valence-electron chi connectivity index (χ0n) is 18.1. The van der Waals surface area contributed by atoms with E-state index in [2.05, 4.69) is 45.1 Å². The zero-order valence-corrected chi connectivity index (χ0v) is 18.9. The maximum absolute atomic E-state index is 13.1. The largest absolute Gasteiger partial charge is 0.370 e. The third-order valence-electron chi connectivity index (χ3n) is 6.17. The first-order valence-corrected chi connectivity index (χ1v) is 12.1. The summed E-state index contributed by atoms with van der Waals surface area (Å²) in [6.45, 7) is 3.60. The van der Waals surface area contributed by atoms with Crippen LogP contribution in [0.25, 0.3) is 0 Å². The number of nitrogens with zero attached hydrogens (tertiary/aromatic N) is 4.